The second-order valence-corrected chi connectivity index (χ2v) is 4.33. The summed E-state index contributed by atoms with van der Waals surface area (Å²) in [4.78, 5) is 11.6. The number of nitrogens with two attached hydrogens (primary N) is 1. The van der Waals surface area contributed by atoms with Crippen LogP contribution in [-0.2, 0) is 9.53 Å². The molecule has 0 aromatic heterocycles. The maximum absolute atomic E-state index is 11.6. The summed E-state index contributed by atoms with van der Waals surface area (Å²) in [6.45, 7) is 4.47. The van der Waals surface area contributed by atoms with E-state index in [1.807, 2.05) is 24.3 Å². The van der Waals surface area contributed by atoms with Crippen LogP contribution in [0.2, 0.25) is 0 Å². The van der Waals surface area contributed by atoms with Crippen molar-refractivity contribution in [2.45, 2.75) is 25.8 Å². The summed E-state index contributed by atoms with van der Waals surface area (Å²) in [6.07, 6.45) is 0. The fourth-order valence-electron chi connectivity index (χ4n) is 1.44. The van der Waals surface area contributed by atoms with Crippen molar-refractivity contribution in [1.82, 2.24) is 0 Å². The van der Waals surface area contributed by atoms with E-state index in [0.717, 1.165) is 5.69 Å². The number of anilines is 1. The summed E-state index contributed by atoms with van der Waals surface area (Å²) in [6, 6.07) is 7.13. The summed E-state index contributed by atoms with van der Waals surface area (Å²) in [5.41, 5.74) is 7.61. The Labute approximate surface area is 114 Å². The van der Waals surface area contributed by atoms with Gasteiger partial charge in [0.05, 0.1) is 6.61 Å². The average Bonchev–Trinajstić information content (AvgIpc) is 2.30. The molecular formula is C13H21ClN2O2. The number of rotatable bonds is 5. The molecule has 1 unspecified atom stereocenters. The lowest BCUT2D eigenvalue weighted by Crippen LogP contribution is -2.39. The Morgan fingerprint density at radius 2 is 1.89 bits per heavy atom. The standard InChI is InChI=1S/C13H20N2O2.ClH/c1-9(2)10-4-6-11(7-5-10)15-13(16)12(14)8-17-3;/h4-7,9,12H,8,14H2,1-3H3,(H,15,16);1H. The van der Waals surface area contributed by atoms with Crippen LogP contribution in [0.5, 0.6) is 0 Å². The molecule has 0 saturated carbocycles. The van der Waals surface area contributed by atoms with Crippen molar-refractivity contribution < 1.29 is 9.53 Å². The Morgan fingerprint density at radius 3 is 2.33 bits per heavy atom. The van der Waals surface area contributed by atoms with Crippen LogP contribution in [0.4, 0.5) is 5.69 Å². The number of halogens is 1. The predicted octanol–water partition coefficient (Wildman–Crippen LogP) is 2.14. The van der Waals surface area contributed by atoms with Gasteiger partial charge < -0.3 is 15.8 Å². The molecule has 0 heterocycles. The smallest absolute Gasteiger partial charge is 0.243 e. The highest BCUT2D eigenvalue weighted by Crippen LogP contribution is 2.17. The Bertz CT molecular complexity index is 366. The van der Waals surface area contributed by atoms with Crippen LogP contribution in [0.25, 0.3) is 0 Å². The van der Waals surface area contributed by atoms with Crippen molar-refractivity contribution in [3.05, 3.63) is 29.8 Å². The van der Waals surface area contributed by atoms with Crippen molar-refractivity contribution in [3.8, 4) is 0 Å². The number of carbonyl (C=O) groups is 1. The van der Waals surface area contributed by atoms with E-state index in [1.54, 1.807) is 0 Å². The molecule has 0 spiro atoms. The second-order valence-electron chi connectivity index (χ2n) is 4.33. The van der Waals surface area contributed by atoms with Crippen LogP contribution < -0.4 is 11.1 Å². The van der Waals surface area contributed by atoms with E-state index in [-0.39, 0.29) is 24.9 Å². The van der Waals surface area contributed by atoms with E-state index < -0.39 is 6.04 Å². The lowest BCUT2D eigenvalue weighted by atomic mass is 10.0. The van der Waals surface area contributed by atoms with Gasteiger partial charge >= 0.3 is 0 Å². The summed E-state index contributed by atoms with van der Waals surface area (Å²) in [7, 11) is 1.52. The van der Waals surface area contributed by atoms with E-state index in [0.29, 0.717) is 5.92 Å². The van der Waals surface area contributed by atoms with Crippen LogP contribution >= 0.6 is 12.4 Å². The summed E-state index contributed by atoms with van der Waals surface area (Å²) in [5, 5.41) is 2.75. The SMILES string of the molecule is COCC(N)C(=O)Nc1ccc(C(C)C)cc1.Cl. The van der Waals surface area contributed by atoms with Crippen LogP contribution in [-0.4, -0.2) is 25.7 Å². The molecule has 5 heteroatoms. The largest absolute Gasteiger partial charge is 0.383 e. The van der Waals surface area contributed by atoms with Crippen molar-refractivity contribution in [3.63, 3.8) is 0 Å². The van der Waals surface area contributed by atoms with Gasteiger partial charge in [-0.2, -0.15) is 0 Å². The number of carbonyl (C=O) groups excluding carboxylic acids is 1. The van der Waals surface area contributed by atoms with E-state index in [1.165, 1.54) is 12.7 Å². The van der Waals surface area contributed by atoms with Crippen LogP contribution in [0, 0.1) is 0 Å². The van der Waals surface area contributed by atoms with Gasteiger partial charge in [-0.15, -0.1) is 12.4 Å². The molecule has 3 N–H and O–H groups in total. The molecule has 0 bridgehead atoms. The monoisotopic (exact) mass is 272 g/mol. The molecule has 0 fully saturated rings. The maximum Gasteiger partial charge on any atom is 0.243 e. The van der Waals surface area contributed by atoms with Gasteiger partial charge in [-0.05, 0) is 23.6 Å². The van der Waals surface area contributed by atoms with Crippen molar-refractivity contribution in [2.24, 2.45) is 5.73 Å². The zero-order valence-electron chi connectivity index (χ0n) is 11.0. The van der Waals surface area contributed by atoms with E-state index in [4.69, 9.17) is 10.5 Å². The van der Waals surface area contributed by atoms with Crippen LogP contribution in [0.3, 0.4) is 0 Å². The third-order valence-electron chi connectivity index (χ3n) is 2.53. The van der Waals surface area contributed by atoms with Gasteiger partial charge in [-0.3, -0.25) is 4.79 Å². The van der Waals surface area contributed by atoms with Crippen LogP contribution in [0.1, 0.15) is 25.3 Å². The molecule has 4 nitrogen and oxygen atoms in total. The Kier molecular flexibility index (Phi) is 7.59. The molecule has 0 saturated heterocycles. The van der Waals surface area contributed by atoms with E-state index >= 15 is 0 Å². The first-order chi connectivity index (χ1) is 8.04. The Morgan fingerprint density at radius 1 is 1.33 bits per heavy atom. The van der Waals surface area contributed by atoms with Crippen LogP contribution in [0.15, 0.2) is 24.3 Å². The molecule has 1 aromatic rings. The first kappa shape index (κ1) is 16.9. The topological polar surface area (TPSA) is 64.3 Å². The van der Waals surface area contributed by atoms with Gasteiger partial charge in [0, 0.05) is 12.8 Å². The highest BCUT2D eigenvalue weighted by atomic mass is 35.5. The summed E-state index contributed by atoms with van der Waals surface area (Å²) >= 11 is 0. The Balaban J connectivity index is 0.00000289. The molecule has 102 valence electrons. The third kappa shape index (κ3) is 5.04. The third-order valence-corrected chi connectivity index (χ3v) is 2.53. The quantitative estimate of drug-likeness (QED) is 0.863. The van der Waals surface area contributed by atoms with Gasteiger partial charge in [-0.1, -0.05) is 26.0 Å². The lowest BCUT2D eigenvalue weighted by Gasteiger charge is -2.12. The summed E-state index contributed by atoms with van der Waals surface area (Å²) in [5.74, 6) is 0.250. The minimum absolute atomic E-state index is 0. The second kappa shape index (κ2) is 8.08. The van der Waals surface area contributed by atoms with Gasteiger partial charge in [-0.25, -0.2) is 0 Å². The molecule has 18 heavy (non-hydrogen) atoms. The van der Waals surface area contributed by atoms with Crippen molar-refractivity contribution in [2.75, 3.05) is 19.0 Å². The Hall–Kier alpha value is -1.10. The average molecular weight is 273 g/mol. The molecule has 1 rings (SSSR count). The molecule has 0 aliphatic heterocycles. The van der Waals surface area contributed by atoms with Gasteiger partial charge in [0.25, 0.3) is 0 Å². The van der Waals surface area contributed by atoms with Gasteiger partial charge in [0.1, 0.15) is 6.04 Å². The highest BCUT2D eigenvalue weighted by Gasteiger charge is 2.12. The number of hydrogen-bond acceptors (Lipinski definition) is 3. The minimum atomic E-state index is -0.634. The fourth-order valence-corrected chi connectivity index (χ4v) is 1.44. The van der Waals surface area contributed by atoms with Gasteiger partial charge in [0.2, 0.25) is 5.91 Å². The van der Waals surface area contributed by atoms with Crippen molar-refractivity contribution >= 4 is 24.0 Å². The molecule has 1 aromatic carbocycles. The zero-order chi connectivity index (χ0) is 12.8. The predicted molar refractivity (Wildman–Crippen MR) is 76.3 cm³/mol. The molecule has 1 amide bonds. The molecular weight excluding hydrogens is 252 g/mol. The zero-order valence-corrected chi connectivity index (χ0v) is 11.8. The number of ether oxygens (including phenoxy) is 1. The number of nitrogens with one attached hydrogen (secondary N) is 1. The minimum Gasteiger partial charge on any atom is -0.383 e. The number of hydrogen-bond donors (Lipinski definition) is 2. The molecule has 0 radical (unpaired) electrons. The molecule has 0 aliphatic rings. The highest BCUT2D eigenvalue weighted by molar-refractivity contribution is 5.94. The fraction of sp³-hybridized carbons (Fsp3) is 0.462. The first-order valence-electron chi connectivity index (χ1n) is 5.70. The first-order valence-corrected chi connectivity index (χ1v) is 5.70. The van der Waals surface area contributed by atoms with E-state index in [9.17, 15) is 4.79 Å². The lowest BCUT2D eigenvalue weighted by molar-refractivity contribution is -0.118. The number of benzene rings is 1. The molecule has 0 aliphatic carbocycles. The number of amides is 1. The molecule has 1 atom stereocenters. The normalized spacial score (nSPS) is 11.8. The maximum atomic E-state index is 11.6. The van der Waals surface area contributed by atoms with Gasteiger partial charge in [0.15, 0.2) is 0 Å². The van der Waals surface area contributed by atoms with E-state index in [2.05, 4.69) is 19.2 Å². The number of methoxy groups -OCH3 is 1. The van der Waals surface area contributed by atoms with Crippen molar-refractivity contribution in [1.29, 1.82) is 0 Å². The summed E-state index contributed by atoms with van der Waals surface area (Å²) < 4.78 is 4.83.